The van der Waals surface area contributed by atoms with Gasteiger partial charge in [-0.3, -0.25) is 9.69 Å². The minimum absolute atomic E-state index is 0.287. The van der Waals surface area contributed by atoms with Crippen LogP contribution in [-0.4, -0.2) is 28.1 Å². The summed E-state index contributed by atoms with van der Waals surface area (Å²) in [5.41, 5.74) is 3.07. The first-order chi connectivity index (χ1) is 13.0. The molecule has 0 saturated carbocycles. The van der Waals surface area contributed by atoms with Crippen LogP contribution in [0.15, 0.2) is 48.5 Å². The van der Waals surface area contributed by atoms with Crippen molar-refractivity contribution in [2.75, 3.05) is 12.4 Å². The van der Waals surface area contributed by atoms with E-state index in [-0.39, 0.29) is 16.7 Å². The monoisotopic (exact) mass is 384 g/mol. The first kappa shape index (κ1) is 19.1. The molecule has 1 N–H and O–H groups in total. The molecule has 140 valence electrons. The summed E-state index contributed by atoms with van der Waals surface area (Å²) in [6.07, 6.45) is 1.03. The van der Waals surface area contributed by atoms with Crippen LogP contribution < -0.4 is 5.32 Å². The average Bonchev–Trinajstić information content (AvgIpc) is 3.12. The van der Waals surface area contributed by atoms with Crippen molar-refractivity contribution < 1.29 is 9.18 Å². The first-order valence-corrected chi connectivity index (χ1v) is 9.51. The summed E-state index contributed by atoms with van der Waals surface area (Å²) in [5.74, 6) is -0.693. The zero-order chi connectivity index (χ0) is 19.2. The number of aryl methyl sites for hydroxylation is 1. The fraction of sp³-hybridized carbons (Fsp3) is 0.250. The van der Waals surface area contributed by atoms with Crippen molar-refractivity contribution in [3.05, 3.63) is 75.5 Å². The predicted octanol–water partition coefficient (Wildman–Crippen LogP) is 4.12. The van der Waals surface area contributed by atoms with E-state index < -0.39 is 0 Å². The number of anilines is 1. The summed E-state index contributed by atoms with van der Waals surface area (Å²) >= 11 is 1.26. The molecular weight excluding hydrogens is 363 g/mol. The van der Waals surface area contributed by atoms with Crippen LogP contribution in [0.25, 0.3) is 0 Å². The second-order valence-electron chi connectivity index (χ2n) is 6.30. The van der Waals surface area contributed by atoms with E-state index in [4.69, 9.17) is 0 Å². The molecule has 7 heteroatoms. The lowest BCUT2D eigenvalue weighted by Gasteiger charge is -2.14. The molecule has 0 spiro atoms. The van der Waals surface area contributed by atoms with Gasteiger partial charge in [0.25, 0.3) is 5.91 Å². The Labute approximate surface area is 161 Å². The van der Waals surface area contributed by atoms with E-state index in [1.54, 1.807) is 0 Å². The zero-order valence-electron chi connectivity index (χ0n) is 15.3. The lowest BCUT2D eigenvalue weighted by molar-refractivity contribution is 0.102. The number of carbonyl (C=O) groups excluding carboxylic acids is 1. The molecular formula is C20H21FN4OS. The second kappa shape index (κ2) is 8.83. The van der Waals surface area contributed by atoms with Crippen LogP contribution in [-0.2, 0) is 19.5 Å². The predicted molar refractivity (Wildman–Crippen MR) is 105 cm³/mol. The average molecular weight is 384 g/mol. The highest BCUT2D eigenvalue weighted by Crippen LogP contribution is 2.16. The molecule has 0 atom stereocenters. The summed E-state index contributed by atoms with van der Waals surface area (Å²) in [6.45, 7) is 3.54. The summed E-state index contributed by atoms with van der Waals surface area (Å²) in [7, 11) is 2.01. The van der Waals surface area contributed by atoms with Crippen molar-refractivity contribution >= 4 is 22.9 Å². The Bertz CT molecular complexity index is 893. The van der Waals surface area contributed by atoms with Gasteiger partial charge in [-0.15, -0.1) is 10.2 Å². The zero-order valence-corrected chi connectivity index (χ0v) is 16.1. The molecule has 0 aliphatic heterocycles. The third-order valence-corrected chi connectivity index (χ3v) is 4.96. The molecule has 1 aromatic heterocycles. The Morgan fingerprint density at radius 2 is 1.70 bits per heavy atom. The SMILES string of the molecule is CCc1ccc(CN(C)Cc2nnc(C(=O)Nc3ccc(F)cc3)s2)cc1. The number of nitrogens with one attached hydrogen (secondary N) is 1. The van der Waals surface area contributed by atoms with Gasteiger partial charge in [-0.25, -0.2) is 4.39 Å². The van der Waals surface area contributed by atoms with Gasteiger partial charge in [0.15, 0.2) is 0 Å². The van der Waals surface area contributed by atoms with Gasteiger partial charge >= 0.3 is 0 Å². The molecule has 0 aliphatic rings. The van der Waals surface area contributed by atoms with Crippen LogP contribution in [0.3, 0.4) is 0 Å². The van der Waals surface area contributed by atoms with Crippen LogP contribution in [0.1, 0.15) is 32.9 Å². The fourth-order valence-corrected chi connectivity index (χ4v) is 3.42. The Hall–Kier alpha value is -2.64. The van der Waals surface area contributed by atoms with Crippen LogP contribution in [0.5, 0.6) is 0 Å². The molecule has 2 aromatic carbocycles. The van der Waals surface area contributed by atoms with Gasteiger partial charge < -0.3 is 5.32 Å². The Kier molecular flexibility index (Phi) is 6.26. The van der Waals surface area contributed by atoms with Crippen molar-refractivity contribution in [1.29, 1.82) is 0 Å². The number of amides is 1. The van der Waals surface area contributed by atoms with Gasteiger partial charge in [-0.2, -0.15) is 0 Å². The van der Waals surface area contributed by atoms with Crippen LogP contribution in [0, 0.1) is 5.82 Å². The lowest BCUT2D eigenvalue weighted by Crippen LogP contribution is -2.17. The molecule has 0 fully saturated rings. The van der Waals surface area contributed by atoms with E-state index in [0.29, 0.717) is 12.2 Å². The van der Waals surface area contributed by atoms with Gasteiger partial charge in [-0.1, -0.05) is 42.5 Å². The number of halogens is 1. The highest BCUT2D eigenvalue weighted by Gasteiger charge is 2.14. The van der Waals surface area contributed by atoms with Crippen LogP contribution in [0.2, 0.25) is 0 Å². The van der Waals surface area contributed by atoms with E-state index in [1.807, 2.05) is 7.05 Å². The highest BCUT2D eigenvalue weighted by atomic mass is 32.1. The maximum Gasteiger partial charge on any atom is 0.286 e. The Morgan fingerprint density at radius 3 is 2.37 bits per heavy atom. The number of rotatable bonds is 7. The molecule has 0 saturated heterocycles. The van der Waals surface area contributed by atoms with E-state index in [0.717, 1.165) is 18.0 Å². The van der Waals surface area contributed by atoms with E-state index in [1.165, 1.54) is 46.7 Å². The first-order valence-electron chi connectivity index (χ1n) is 8.69. The van der Waals surface area contributed by atoms with Crippen molar-refractivity contribution in [1.82, 2.24) is 15.1 Å². The molecule has 27 heavy (non-hydrogen) atoms. The van der Waals surface area contributed by atoms with Gasteiger partial charge in [0.2, 0.25) is 5.01 Å². The van der Waals surface area contributed by atoms with Crippen molar-refractivity contribution in [3.63, 3.8) is 0 Å². The minimum Gasteiger partial charge on any atom is -0.320 e. The van der Waals surface area contributed by atoms with Crippen molar-refractivity contribution in [2.24, 2.45) is 0 Å². The van der Waals surface area contributed by atoms with Crippen molar-refractivity contribution in [3.8, 4) is 0 Å². The number of benzene rings is 2. The summed E-state index contributed by atoms with van der Waals surface area (Å²) in [4.78, 5) is 14.4. The molecule has 5 nitrogen and oxygen atoms in total. The van der Waals surface area contributed by atoms with Gasteiger partial charge in [0.05, 0.1) is 6.54 Å². The largest absolute Gasteiger partial charge is 0.320 e. The second-order valence-corrected chi connectivity index (χ2v) is 7.37. The van der Waals surface area contributed by atoms with E-state index >= 15 is 0 Å². The smallest absolute Gasteiger partial charge is 0.286 e. The third-order valence-electron chi connectivity index (χ3n) is 4.05. The quantitative estimate of drug-likeness (QED) is 0.666. The van der Waals surface area contributed by atoms with Crippen LogP contribution >= 0.6 is 11.3 Å². The van der Waals surface area contributed by atoms with E-state index in [2.05, 4.69) is 51.6 Å². The molecule has 3 rings (SSSR count). The van der Waals surface area contributed by atoms with Crippen LogP contribution in [0.4, 0.5) is 10.1 Å². The summed E-state index contributed by atoms with van der Waals surface area (Å²) in [6, 6.07) is 14.2. The Morgan fingerprint density at radius 1 is 1.04 bits per heavy atom. The van der Waals surface area contributed by atoms with E-state index in [9.17, 15) is 9.18 Å². The number of hydrogen-bond acceptors (Lipinski definition) is 5. The molecule has 3 aromatic rings. The normalized spacial score (nSPS) is 11.0. The molecule has 1 amide bonds. The summed E-state index contributed by atoms with van der Waals surface area (Å²) < 4.78 is 12.9. The highest BCUT2D eigenvalue weighted by molar-refractivity contribution is 7.13. The lowest BCUT2D eigenvalue weighted by atomic mass is 10.1. The minimum atomic E-state index is -0.349. The van der Waals surface area contributed by atoms with Gasteiger partial charge in [-0.05, 0) is 48.9 Å². The fourth-order valence-electron chi connectivity index (χ4n) is 2.61. The standard InChI is InChI=1S/C20H21FN4OS/c1-3-14-4-6-15(7-5-14)12-25(2)13-18-23-24-20(27-18)19(26)22-17-10-8-16(21)9-11-17/h4-11H,3,12-13H2,1-2H3,(H,22,26). The number of aromatic nitrogens is 2. The topological polar surface area (TPSA) is 58.1 Å². The molecule has 0 bridgehead atoms. The molecule has 1 heterocycles. The maximum absolute atomic E-state index is 12.9. The molecule has 0 aliphatic carbocycles. The molecule has 0 unspecified atom stereocenters. The van der Waals surface area contributed by atoms with Gasteiger partial charge in [0.1, 0.15) is 10.8 Å². The number of nitrogens with zero attached hydrogens (tertiary/aromatic N) is 3. The number of hydrogen-bond donors (Lipinski definition) is 1. The number of carbonyl (C=O) groups is 1. The maximum atomic E-state index is 12.9. The van der Waals surface area contributed by atoms with Gasteiger partial charge in [0, 0.05) is 12.2 Å². The van der Waals surface area contributed by atoms with Crippen molar-refractivity contribution in [2.45, 2.75) is 26.4 Å². The Balaban J connectivity index is 1.56. The third kappa shape index (κ3) is 5.42. The summed E-state index contributed by atoms with van der Waals surface area (Å²) in [5, 5.41) is 11.8. The molecule has 0 radical (unpaired) electrons.